The Morgan fingerprint density at radius 1 is 1.03 bits per heavy atom. The van der Waals surface area contributed by atoms with Gasteiger partial charge in [-0.25, -0.2) is 4.79 Å². The van der Waals surface area contributed by atoms with Gasteiger partial charge in [-0.1, -0.05) is 64.8 Å². The predicted molar refractivity (Wildman–Crippen MR) is 132 cm³/mol. The highest BCUT2D eigenvalue weighted by Crippen LogP contribution is 2.47. The van der Waals surface area contributed by atoms with Gasteiger partial charge in [0.05, 0.1) is 22.8 Å². The molecule has 0 unspecified atom stereocenters. The summed E-state index contributed by atoms with van der Waals surface area (Å²) in [6.07, 6.45) is 3.75. The molecule has 0 N–H and O–H groups in total. The topological polar surface area (TPSA) is 64.8 Å². The fourth-order valence-electron chi connectivity index (χ4n) is 5.37. The summed E-state index contributed by atoms with van der Waals surface area (Å²) >= 11 is 12.9. The highest BCUT2D eigenvalue weighted by atomic mass is 35.5. The van der Waals surface area contributed by atoms with E-state index in [0.29, 0.717) is 46.3 Å². The first kappa shape index (κ1) is 22.9. The fraction of sp³-hybridized carbons (Fsp3) is 0.407. The largest absolute Gasteiger partial charge is 0.445 e. The molecule has 1 aromatic heterocycles. The Labute approximate surface area is 214 Å². The summed E-state index contributed by atoms with van der Waals surface area (Å²) in [6, 6.07) is 15.3. The Balaban J connectivity index is 1.11. The Morgan fingerprint density at radius 3 is 2.49 bits per heavy atom. The minimum absolute atomic E-state index is 0.0784. The average Bonchev–Trinajstić information content (AvgIpc) is 3.31. The SMILES string of the molecule is O=C(OCc1ccccc1)N1C[C@@H]2C[C@H]1C[C@@H]2OCc1c(-c2c(Cl)cccc2Cl)noc1C1CC1. The number of nitrogens with zero attached hydrogens (tertiary/aromatic N) is 2. The lowest BCUT2D eigenvalue weighted by Gasteiger charge is -2.31. The van der Waals surface area contributed by atoms with Crippen LogP contribution in [0.2, 0.25) is 10.0 Å². The van der Waals surface area contributed by atoms with E-state index in [1.165, 1.54) is 0 Å². The zero-order valence-corrected chi connectivity index (χ0v) is 20.7. The molecular formula is C27H26Cl2N2O4. The van der Waals surface area contributed by atoms with E-state index in [1.807, 2.05) is 41.3 Å². The summed E-state index contributed by atoms with van der Waals surface area (Å²) in [5, 5.41) is 5.43. The van der Waals surface area contributed by atoms with Crippen LogP contribution in [0.1, 0.15) is 48.5 Å². The third-order valence-corrected chi connectivity index (χ3v) is 7.95. The van der Waals surface area contributed by atoms with Crippen molar-refractivity contribution in [1.82, 2.24) is 10.1 Å². The molecule has 2 aliphatic carbocycles. The molecule has 6 rings (SSSR count). The number of hydrogen-bond donors (Lipinski definition) is 0. The van der Waals surface area contributed by atoms with E-state index >= 15 is 0 Å². The Kier molecular flexibility index (Phi) is 6.21. The fourth-order valence-corrected chi connectivity index (χ4v) is 5.95. The normalized spacial score (nSPS) is 23.1. The summed E-state index contributed by atoms with van der Waals surface area (Å²) in [4.78, 5) is 14.5. The van der Waals surface area contributed by atoms with E-state index in [1.54, 1.807) is 12.1 Å². The molecule has 2 aromatic carbocycles. The van der Waals surface area contributed by atoms with E-state index in [4.69, 9.17) is 37.2 Å². The maximum atomic E-state index is 12.7. The second kappa shape index (κ2) is 9.49. The van der Waals surface area contributed by atoms with Gasteiger partial charge in [-0.2, -0.15) is 0 Å². The molecular weight excluding hydrogens is 487 g/mol. The molecule has 3 fully saturated rings. The van der Waals surface area contributed by atoms with E-state index < -0.39 is 0 Å². The van der Waals surface area contributed by atoms with Crippen molar-refractivity contribution in [3.05, 3.63) is 75.5 Å². The number of aromatic nitrogens is 1. The summed E-state index contributed by atoms with van der Waals surface area (Å²) in [5.41, 5.74) is 3.27. The number of carbonyl (C=O) groups excluding carboxylic acids is 1. The van der Waals surface area contributed by atoms with Gasteiger partial charge in [0, 0.05) is 35.5 Å². The number of rotatable bonds is 7. The van der Waals surface area contributed by atoms with Gasteiger partial charge in [-0.05, 0) is 43.4 Å². The molecule has 8 heteroatoms. The van der Waals surface area contributed by atoms with Crippen LogP contribution in [0.3, 0.4) is 0 Å². The Hall–Kier alpha value is -2.54. The van der Waals surface area contributed by atoms with Crippen LogP contribution in [0, 0.1) is 5.92 Å². The Bertz CT molecular complexity index is 1210. The van der Waals surface area contributed by atoms with Gasteiger partial charge < -0.3 is 18.9 Å². The minimum Gasteiger partial charge on any atom is -0.445 e. The van der Waals surface area contributed by atoms with Crippen LogP contribution in [0.5, 0.6) is 0 Å². The second-order valence-electron chi connectivity index (χ2n) is 9.67. The molecule has 3 aromatic rings. The number of fused-ring (bicyclic) bond motifs is 2. The van der Waals surface area contributed by atoms with Crippen molar-refractivity contribution in [3.8, 4) is 11.3 Å². The highest BCUT2D eigenvalue weighted by molar-refractivity contribution is 6.39. The maximum absolute atomic E-state index is 12.7. The first-order chi connectivity index (χ1) is 17.1. The van der Waals surface area contributed by atoms with Crippen LogP contribution in [-0.4, -0.2) is 34.8 Å². The van der Waals surface area contributed by atoms with Crippen molar-refractivity contribution in [2.75, 3.05) is 6.54 Å². The number of amides is 1. The first-order valence-electron chi connectivity index (χ1n) is 12.1. The summed E-state index contributed by atoms with van der Waals surface area (Å²) in [5.74, 6) is 1.55. The molecule has 0 spiro atoms. The lowest BCUT2D eigenvalue weighted by atomic mass is 10.0. The average molecular weight is 513 g/mol. The predicted octanol–water partition coefficient (Wildman–Crippen LogP) is 6.84. The summed E-state index contributed by atoms with van der Waals surface area (Å²) in [6.45, 7) is 1.34. The van der Waals surface area contributed by atoms with Gasteiger partial charge in [0.2, 0.25) is 0 Å². The van der Waals surface area contributed by atoms with Crippen molar-refractivity contribution in [2.24, 2.45) is 5.92 Å². The number of likely N-dealkylation sites (tertiary alicyclic amines) is 1. The van der Waals surface area contributed by atoms with Crippen molar-refractivity contribution < 1.29 is 18.8 Å². The van der Waals surface area contributed by atoms with Crippen LogP contribution in [0.15, 0.2) is 53.1 Å². The minimum atomic E-state index is -0.245. The van der Waals surface area contributed by atoms with E-state index in [0.717, 1.165) is 42.6 Å². The number of piperidine rings is 1. The molecule has 0 radical (unpaired) electrons. The van der Waals surface area contributed by atoms with Gasteiger partial charge in [0.1, 0.15) is 18.1 Å². The van der Waals surface area contributed by atoms with Crippen molar-refractivity contribution in [1.29, 1.82) is 0 Å². The molecule has 6 nitrogen and oxygen atoms in total. The summed E-state index contributed by atoms with van der Waals surface area (Å²) in [7, 11) is 0. The van der Waals surface area contributed by atoms with Gasteiger partial charge >= 0.3 is 6.09 Å². The molecule has 182 valence electrons. The van der Waals surface area contributed by atoms with Crippen molar-refractivity contribution in [3.63, 3.8) is 0 Å². The van der Waals surface area contributed by atoms with Gasteiger partial charge in [0.15, 0.2) is 0 Å². The second-order valence-corrected chi connectivity index (χ2v) is 10.5. The lowest BCUT2D eigenvalue weighted by Crippen LogP contribution is -2.42. The Morgan fingerprint density at radius 2 is 1.80 bits per heavy atom. The third kappa shape index (κ3) is 4.55. The number of hydrogen-bond acceptors (Lipinski definition) is 5. The lowest BCUT2D eigenvalue weighted by molar-refractivity contribution is -0.0114. The van der Waals surface area contributed by atoms with Crippen molar-refractivity contribution >= 4 is 29.3 Å². The van der Waals surface area contributed by atoms with Crippen LogP contribution in [0.25, 0.3) is 11.3 Å². The maximum Gasteiger partial charge on any atom is 0.410 e. The first-order valence-corrected chi connectivity index (χ1v) is 12.9. The smallest absolute Gasteiger partial charge is 0.410 e. The van der Waals surface area contributed by atoms with Crippen molar-refractivity contribution in [2.45, 2.75) is 57.0 Å². The third-order valence-electron chi connectivity index (χ3n) is 7.32. The van der Waals surface area contributed by atoms with Crippen LogP contribution >= 0.6 is 23.2 Å². The van der Waals surface area contributed by atoms with Gasteiger partial charge in [-0.15, -0.1) is 0 Å². The molecule has 1 amide bonds. The number of carbonyl (C=O) groups is 1. The zero-order chi connectivity index (χ0) is 23.9. The molecule has 1 saturated heterocycles. The van der Waals surface area contributed by atoms with Crippen LogP contribution in [-0.2, 0) is 22.7 Å². The quantitative estimate of drug-likeness (QED) is 0.346. The molecule has 35 heavy (non-hydrogen) atoms. The van der Waals surface area contributed by atoms with Gasteiger partial charge in [0.25, 0.3) is 0 Å². The monoisotopic (exact) mass is 512 g/mol. The van der Waals surface area contributed by atoms with E-state index in [2.05, 4.69) is 5.16 Å². The molecule has 1 aliphatic heterocycles. The summed E-state index contributed by atoms with van der Waals surface area (Å²) < 4.78 is 17.7. The zero-order valence-electron chi connectivity index (χ0n) is 19.2. The highest BCUT2D eigenvalue weighted by Gasteiger charge is 2.48. The van der Waals surface area contributed by atoms with Gasteiger partial charge in [-0.3, -0.25) is 0 Å². The molecule has 2 saturated carbocycles. The van der Waals surface area contributed by atoms with E-state index in [-0.39, 0.29) is 24.8 Å². The molecule has 3 atom stereocenters. The molecule has 3 aliphatic rings. The number of benzene rings is 2. The number of halogens is 2. The number of ether oxygens (including phenoxy) is 2. The van der Waals surface area contributed by atoms with E-state index in [9.17, 15) is 4.79 Å². The molecule has 2 bridgehead atoms. The van der Waals surface area contributed by atoms with Crippen LogP contribution in [0.4, 0.5) is 4.79 Å². The molecule has 2 heterocycles. The van der Waals surface area contributed by atoms with Crippen LogP contribution < -0.4 is 0 Å². The standard InChI is InChI=1S/C27H26Cl2N2O4/c28-21-7-4-8-22(29)24(21)25-20(26(35-30-25)17-9-10-17)15-33-23-12-19-11-18(23)13-31(19)27(32)34-14-16-5-2-1-3-6-16/h1-8,17-19,23H,9-15H2/t18-,19-,23-/m0/s1.